The largest absolute Gasteiger partial charge is 0.344 e. The maximum atomic E-state index is 13.4. The van der Waals surface area contributed by atoms with Crippen molar-refractivity contribution in [3.05, 3.63) is 80.1 Å². The third-order valence-electron chi connectivity index (χ3n) is 6.25. The number of amides is 1. The van der Waals surface area contributed by atoms with Crippen molar-refractivity contribution in [2.75, 3.05) is 14.1 Å². The highest BCUT2D eigenvalue weighted by atomic mass is 35.5. The summed E-state index contributed by atoms with van der Waals surface area (Å²) in [4.78, 5) is 40.5. The zero-order valence-corrected chi connectivity index (χ0v) is 21.4. The Kier molecular flexibility index (Phi) is 5.69. The Labute approximate surface area is 219 Å². The average molecular weight is 534 g/mol. The van der Waals surface area contributed by atoms with Gasteiger partial charge in [-0.25, -0.2) is 9.97 Å². The van der Waals surface area contributed by atoms with Crippen molar-refractivity contribution in [2.24, 2.45) is 0 Å². The summed E-state index contributed by atoms with van der Waals surface area (Å²) in [7, 11) is 3.45. The van der Waals surface area contributed by atoms with Crippen LogP contribution >= 0.6 is 22.9 Å². The molecule has 5 heterocycles. The molecule has 1 aliphatic rings. The van der Waals surface area contributed by atoms with Crippen LogP contribution < -0.4 is 5.56 Å². The van der Waals surface area contributed by atoms with Crippen LogP contribution in [0.3, 0.4) is 0 Å². The summed E-state index contributed by atoms with van der Waals surface area (Å²) >= 11 is 7.66. The number of imidazole rings is 1. The summed E-state index contributed by atoms with van der Waals surface area (Å²) in [6, 6.07) is 8.36. The Morgan fingerprint density at radius 3 is 2.89 bits per heavy atom. The molecule has 0 bridgehead atoms. The summed E-state index contributed by atoms with van der Waals surface area (Å²) in [6.07, 6.45) is 4.51. The van der Waals surface area contributed by atoms with Crippen molar-refractivity contribution in [1.82, 2.24) is 44.6 Å². The van der Waals surface area contributed by atoms with Gasteiger partial charge in [0.25, 0.3) is 11.5 Å². The molecule has 11 nitrogen and oxygen atoms in total. The van der Waals surface area contributed by atoms with Crippen LogP contribution in [0.5, 0.6) is 0 Å². The number of rotatable bonds is 5. The zero-order chi connectivity index (χ0) is 25.7. The Morgan fingerprint density at radius 2 is 2.11 bits per heavy atom. The van der Waals surface area contributed by atoms with Gasteiger partial charge in [0.1, 0.15) is 18.0 Å². The summed E-state index contributed by atoms with van der Waals surface area (Å²) < 4.78 is 3.19. The van der Waals surface area contributed by atoms with E-state index in [1.807, 2.05) is 11.4 Å². The third kappa shape index (κ3) is 4.13. The molecule has 5 aromatic rings. The minimum Gasteiger partial charge on any atom is -0.344 e. The molecule has 0 saturated heterocycles. The van der Waals surface area contributed by atoms with Gasteiger partial charge in [-0.15, -0.1) is 16.4 Å². The molecular weight excluding hydrogens is 514 g/mol. The first-order valence-electron chi connectivity index (χ1n) is 11.4. The number of benzene rings is 1. The van der Waals surface area contributed by atoms with Crippen LogP contribution in [0.4, 0.5) is 0 Å². The van der Waals surface area contributed by atoms with Gasteiger partial charge in [0.15, 0.2) is 0 Å². The van der Waals surface area contributed by atoms with E-state index in [9.17, 15) is 9.59 Å². The SMILES string of the molecule is CN(C)C(=O)c1cc(-c2cnc(C3CCc4nc(-c5cc(Cl)ccc5-n5cnnn5)cc(=O)n43)[nH]2)cs1. The number of nitrogens with one attached hydrogen (secondary N) is 1. The smallest absolute Gasteiger partial charge is 0.263 e. The van der Waals surface area contributed by atoms with E-state index in [2.05, 4.69) is 25.5 Å². The number of nitrogens with zero attached hydrogens (tertiary/aromatic N) is 8. The van der Waals surface area contributed by atoms with Crippen molar-refractivity contribution in [3.8, 4) is 28.2 Å². The highest BCUT2D eigenvalue weighted by molar-refractivity contribution is 7.12. The number of carbonyl (C=O) groups excluding carboxylic acids is 1. The first-order valence-corrected chi connectivity index (χ1v) is 12.7. The monoisotopic (exact) mass is 533 g/mol. The van der Waals surface area contributed by atoms with Crippen LogP contribution in [0.25, 0.3) is 28.2 Å². The van der Waals surface area contributed by atoms with E-state index in [1.54, 1.807) is 48.0 Å². The quantitative estimate of drug-likeness (QED) is 0.367. The molecule has 1 aliphatic heterocycles. The lowest BCUT2D eigenvalue weighted by atomic mass is 10.1. The molecule has 186 valence electrons. The van der Waals surface area contributed by atoms with Gasteiger partial charge in [-0.1, -0.05) is 11.6 Å². The van der Waals surface area contributed by atoms with Gasteiger partial charge in [-0.05, 0) is 41.1 Å². The van der Waals surface area contributed by atoms with Gasteiger partial charge in [0.2, 0.25) is 0 Å². The van der Waals surface area contributed by atoms with E-state index in [0.29, 0.717) is 51.3 Å². The predicted octanol–water partition coefficient (Wildman–Crippen LogP) is 3.23. The molecule has 1 unspecified atom stereocenters. The Balaban J connectivity index is 1.34. The fraction of sp³-hybridized carbons (Fsp3) is 0.208. The van der Waals surface area contributed by atoms with E-state index >= 15 is 0 Å². The van der Waals surface area contributed by atoms with Gasteiger partial charge in [-0.2, -0.15) is 4.68 Å². The second-order valence-electron chi connectivity index (χ2n) is 8.82. The molecular formula is C24H20ClN9O2S. The lowest BCUT2D eigenvalue weighted by Gasteiger charge is -2.14. The zero-order valence-electron chi connectivity index (χ0n) is 19.8. The molecule has 0 saturated carbocycles. The fourth-order valence-corrected chi connectivity index (χ4v) is 5.59. The Hall–Kier alpha value is -4.16. The molecule has 6 rings (SSSR count). The van der Waals surface area contributed by atoms with Crippen LogP contribution in [0.15, 0.2) is 53.0 Å². The van der Waals surface area contributed by atoms with Gasteiger partial charge in [0.05, 0.1) is 34.2 Å². The van der Waals surface area contributed by atoms with Crippen LogP contribution in [0.2, 0.25) is 5.02 Å². The van der Waals surface area contributed by atoms with Crippen molar-refractivity contribution < 1.29 is 4.79 Å². The lowest BCUT2D eigenvalue weighted by Crippen LogP contribution is -2.25. The number of hydrogen-bond acceptors (Lipinski definition) is 8. The maximum Gasteiger partial charge on any atom is 0.263 e. The van der Waals surface area contributed by atoms with Gasteiger partial charge < -0.3 is 9.88 Å². The molecule has 0 aliphatic carbocycles. The molecule has 1 N–H and O–H groups in total. The number of fused-ring (bicyclic) bond motifs is 1. The topological polar surface area (TPSA) is 127 Å². The molecule has 4 aromatic heterocycles. The molecule has 0 fully saturated rings. The standard InChI is InChI=1S/C24H20ClN9O2S/c1-32(2)24(36)20-7-13(11-37-20)17-10-26-23(29-17)19-5-6-21-28-16(9-22(35)34(19)21)15-8-14(25)3-4-18(15)33-12-27-30-31-33/h3-4,7-12,19H,5-6H2,1-2H3,(H,26,29). The molecule has 1 amide bonds. The van der Waals surface area contributed by atoms with Crippen LogP contribution in [0, 0.1) is 0 Å². The lowest BCUT2D eigenvalue weighted by molar-refractivity contribution is 0.0832. The average Bonchev–Trinajstić information content (AvgIpc) is 3.68. The van der Waals surface area contributed by atoms with Gasteiger partial charge in [-0.3, -0.25) is 14.2 Å². The van der Waals surface area contributed by atoms with Gasteiger partial charge in [0, 0.05) is 48.1 Å². The molecule has 0 spiro atoms. The highest BCUT2D eigenvalue weighted by Gasteiger charge is 2.29. The molecule has 1 aromatic carbocycles. The summed E-state index contributed by atoms with van der Waals surface area (Å²) in [5, 5.41) is 13.8. The van der Waals surface area contributed by atoms with E-state index in [0.717, 1.165) is 11.3 Å². The summed E-state index contributed by atoms with van der Waals surface area (Å²) in [5.74, 6) is 1.30. The Bertz CT molecular complexity index is 1690. The summed E-state index contributed by atoms with van der Waals surface area (Å²) in [5.41, 5.74) is 3.31. The number of aromatic amines is 1. The minimum absolute atomic E-state index is 0.0444. The van der Waals surface area contributed by atoms with Crippen LogP contribution in [-0.4, -0.2) is 64.6 Å². The number of halogens is 1. The van der Waals surface area contributed by atoms with E-state index in [-0.39, 0.29) is 17.5 Å². The van der Waals surface area contributed by atoms with Crippen molar-refractivity contribution >= 4 is 28.8 Å². The number of hydrogen-bond donors (Lipinski definition) is 1. The van der Waals surface area contributed by atoms with Crippen LogP contribution in [0.1, 0.15) is 33.8 Å². The molecule has 1 atom stereocenters. The van der Waals surface area contributed by atoms with Gasteiger partial charge >= 0.3 is 0 Å². The number of aromatic nitrogens is 8. The van der Waals surface area contributed by atoms with E-state index in [1.165, 1.54) is 28.4 Å². The number of tetrazole rings is 1. The first kappa shape index (κ1) is 23.3. The second kappa shape index (κ2) is 9.05. The first-order chi connectivity index (χ1) is 17.9. The third-order valence-corrected chi connectivity index (χ3v) is 7.40. The predicted molar refractivity (Wildman–Crippen MR) is 138 cm³/mol. The number of thiophene rings is 1. The number of aryl methyl sites for hydroxylation is 1. The Morgan fingerprint density at radius 1 is 1.24 bits per heavy atom. The fourth-order valence-electron chi connectivity index (χ4n) is 4.49. The minimum atomic E-state index is -0.266. The van der Waals surface area contributed by atoms with Crippen molar-refractivity contribution in [1.29, 1.82) is 0 Å². The van der Waals surface area contributed by atoms with E-state index in [4.69, 9.17) is 16.6 Å². The number of carbonyl (C=O) groups is 1. The maximum absolute atomic E-state index is 13.4. The molecule has 13 heteroatoms. The second-order valence-corrected chi connectivity index (χ2v) is 10.2. The van der Waals surface area contributed by atoms with Crippen LogP contribution in [-0.2, 0) is 6.42 Å². The van der Waals surface area contributed by atoms with E-state index < -0.39 is 0 Å². The van der Waals surface area contributed by atoms with Crippen molar-refractivity contribution in [2.45, 2.75) is 18.9 Å². The number of H-pyrrole nitrogens is 1. The highest BCUT2D eigenvalue weighted by Crippen LogP contribution is 2.33. The molecule has 0 radical (unpaired) electrons. The normalized spacial score (nSPS) is 14.6. The molecule has 37 heavy (non-hydrogen) atoms. The summed E-state index contributed by atoms with van der Waals surface area (Å²) in [6.45, 7) is 0. The van der Waals surface area contributed by atoms with Crippen molar-refractivity contribution in [3.63, 3.8) is 0 Å².